The summed E-state index contributed by atoms with van der Waals surface area (Å²) < 4.78 is 47.7. The zero-order valence-electron chi connectivity index (χ0n) is 18.8. The summed E-state index contributed by atoms with van der Waals surface area (Å²) in [6.07, 6.45) is -0.967. The fourth-order valence-electron chi connectivity index (χ4n) is 3.91. The van der Waals surface area contributed by atoms with Crippen molar-refractivity contribution in [3.05, 3.63) is 74.5 Å². The van der Waals surface area contributed by atoms with Gasteiger partial charge in [0.1, 0.15) is 35.7 Å². The molecule has 4 rings (SSSR count). The number of nitrogens with zero attached hydrogens (tertiary/aromatic N) is 3. The Bertz CT molecular complexity index is 1370. The van der Waals surface area contributed by atoms with E-state index >= 15 is 0 Å². The smallest absolute Gasteiger partial charge is 0.335 e. The zero-order chi connectivity index (χ0) is 26.0. The molecule has 1 saturated carbocycles. The molecule has 0 aliphatic heterocycles. The largest absolute Gasteiger partial charge is 0.387 e. The fourth-order valence-corrected chi connectivity index (χ4v) is 5.35. The van der Waals surface area contributed by atoms with E-state index in [4.69, 9.17) is 15.8 Å². The maximum atomic E-state index is 14.8. The maximum Gasteiger partial charge on any atom is 0.335 e. The highest BCUT2D eigenvalue weighted by atomic mass is 127. The summed E-state index contributed by atoms with van der Waals surface area (Å²) in [5.41, 5.74) is 1.36. The minimum absolute atomic E-state index is 0.0356. The van der Waals surface area contributed by atoms with Gasteiger partial charge in [-0.25, -0.2) is 14.4 Å². The van der Waals surface area contributed by atoms with Gasteiger partial charge in [-0.05, 0) is 46.4 Å². The second-order valence-electron chi connectivity index (χ2n) is 8.14. The number of aliphatic hydroxyl groups is 1. The Balaban J connectivity index is 1.53. The van der Waals surface area contributed by atoms with Gasteiger partial charge in [0.2, 0.25) is 0 Å². The highest BCUT2D eigenvalue weighted by Crippen LogP contribution is 2.30. The summed E-state index contributed by atoms with van der Waals surface area (Å²) in [4.78, 5) is 21.3. The average molecular weight is 650 g/mol. The topological polar surface area (TPSA) is 135 Å². The molecule has 4 atom stereocenters. The number of rotatable bonds is 9. The van der Waals surface area contributed by atoms with Gasteiger partial charge in [-0.1, -0.05) is 23.7 Å². The van der Waals surface area contributed by atoms with E-state index in [0.717, 1.165) is 16.2 Å². The predicted octanol–water partition coefficient (Wildman–Crippen LogP) is 2.55. The van der Waals surface area contributed by atoms with Crippen molar-refractivity contribution in [3.63, 3.8) is 0 Å². The second-order valence-corrected chi connectivity index (χ2v) is 11.3. The molecule has 2 aromatic heterocycles. The normalized spacial score (nSPS) is 22.0. The van der Waals surface area contributed by atoms with Crippen molar-refractivity contribution < 1.29 is 26.9 Å². The molecule has 0 unspecified atom stereocenters. The number of ketones is 1. The van der Waals surface area contributed by atoms with Gasteiger partial charge < -0.3 is 15.0 Å². The van der Waals surface area contributed by atoms with Crippen LogP contribution in [-0.4, -0.2) is 65.3 Å². The van der Waals surface area contributed by atoms with Crippen LogP contribution in [0.25, 0.3) is 0 Å². The van der Waals surface area contributed by atoms with Gasteiger partial charge in [0.25, 0.3) is 0 Å². The van der Waals surface area contributed by atoms with Crippen LogP contribution >= 0.6 is 34.2 Å². The number of carbonyl (C=O) groups excluding carboxylic acids is 1. The van der Waals surface area contributed by atoms with Crippen molar-refractivity contribution >= 4 is 56.1 Å². The monoisotopic (exact) mass is 649 g/mol. The minimum atomic E-state index is -4.14. The molecule has 0 amide bonds. The van der Waals surface area contributed by atoms with Crippen molar-refractivity contribution in [1.82, 2.24) is 19.3 Å². The Morgan fingerprint density at radius 3 is 2.89 bits per heavy atom. The molecule has 10 nitrogen and oxygen atoms in total. The van der Waals surface area contributed by atoms with Gasteiger partial charge in [0.05, 0.1) is 11.6 Å². The summed E-state index contributed by atoms with van der Waals surface area (Å²) in [6, 6.07) is 8.33. The van der Waals surface area contributed by atoms with E-state index in [1.165, 1.54) is 18.6 Å². The molecule has 0 spiro atoms. The highest BCUT2D eigenvalue weighted by Gasteiger charge is 2.46. The van der Waals surface area contributed by atoms with Gasteiger partial charge in [0.15, 0.2) is 5.78 Å². The third-order valence-electron chi connectivity index (χ3n) is 5.71. The number of aliphatic hydroxyl groups excluding tert-OH is 1. The molecular weight excluding hydrogens is 628 g/mol. The number of benzene rings is 1. The van der Waals surface area contributed by atoms with Gasteiger partial charge in [0, 0.05) is 41.5 Å². The van der Waals surface area contributed by atoms with E-state index in [0.29, 0.717) is 11.7 Å². The molecule has 0 radical (unpaired) electrons. The lowest BCUT2D eigenvalue weighted by atomic mass is 10.1. The number of nitrogens with one attached hydrogen (secondary N) is 2. The number of halogens is 3. The van der Waals surface area contributed by atoms with Crippen molar-refractivity contribution in [2.24, 2.45) is 0 Å². The van der Waals surface area contributed by atoms with E-state index in [1.807, 2.05) is 29.0 Å². The first kappa shape index (κ1) is 26.9. The summed E-state index contributed by atoms with van der Waals surface area (Å²) in [6.45, 7) is 0.458. The molecule has 0 saturated heterocycles. The Morgan fingerprint density at radius 2 is 2.17 bits per heavy atom. The van der Waals surface area contributed by atoms with Crippen molar-refractivity contribution in [2.75, 3.05) is 12.4 Å². The first-order chi connectivity index (χ1) is 17.1. The molecule has 1 fully saturated rings. The molecule has 1 aromatic carbocycles. The van der Waals surface area contributed by atoms with Crippen molar-refractivity contribution in [1.29, 1.82) is 0 Å². The van der Waals surface area contributed by atoms with Crippen LogP contribution in [0, 0.1) is 3.57 Å². The van der Waals surface area contributed by atoms with Crippen LogP contribution in [-0.2, 0) is 21.0 Å². The number of hydrogen-bond donors (Lipinski definition) is 3. The highest BCUT2D eigenvalue weighted by molar-refractivity contribution is 14.1. The summed E-state index contributed by atoms with van der Waals surface area (Å²) in [5, 5.41) is 13.3. The SMILES string of the molecule is CNS(=O)(=O)O[C@@H]1C[C@@H](Nc2ncncc2C(=O)c2cc(Cl)n(Cc3cccc(I)c3)c2)[C@@H](F)[C@@H]1O. The summed E-state index contributed by atoms with van der Waals surface area (Å²) in [5.74, 6) is -0.408. The van der Waals surface area contributed by atoms with Crippen molar-refractivity contribution in [2.45, 2.75) is 37.4 Å². The van der Waals surface area contributed by atoms with E-state index in [9.17, 15) is 22.7 Å². The predicted molar refractivity (Wildman–Crippen MR) is 139 cm³/mol. The molecule has 1 aliphatic rings. The number of carbonyl (C=O) groups is 1. The molecule has 3 N–H and O–H groups in total. The Kier molecular flexibility index (Phi) is 8.26. The average Bonchev–Trinajstić information content (AvgIpc) is 3.33. The standard InChI is InChI=1S/C22H22ClFIN5O5S/c1-26-36(33,34)35-17-7-16(19(24)21(17)32)29-22-15(8-27-11-28-22)20(31)13-6-18(23)30(10-13)9-12-3-2-4-14(25)5-12/h2-6,8,10-11,16-17,19,21,26,32H,7,9H2,1H3,(H,27,28,29)/t16-,17-,19-,21-/m1/s1. The van der Waals surface area contributed by atoms with E-state index in [-0.39, 0.29) is 23.4 Å². The van der Waals surface area contributed by atoms with Gasteiger partial charge in [-0.2, -0.15) is 13.1 Å². The molecular formula is C22H22ClFIN5O5S. The van der Waals surface area contributed by atoms with Crippen LogP contribution < -0.4 is 10.0 Å². The molecule has 14 heteroatoms. The van der Waals surface area contributed by atoms with Crippen LogP contribution in [0.2, 0.25) is 5.15 Å². The molecule has 36 heavy (non-hydrogen) atoms. The van der Waals surface area contributed by atoms with Crippen LogP contribution in [0.4, 0.5) is 10.2 Å². The molecule has 3 aromatic rings. The summed E-state index contributed by atoms with van der Waals surface area (Å²) in [7, 11) is -3.00. The molecule has 2 heterocycles. The number of aromatic nitrogens is 3. The molecule has 0 bridgehead atoms. The van der Waals surface area contributed by atoms with Crippen LogP contribution in [0.15, 0.2) is 49.1 Å². The first-order valence-electron chi connectivity index (χ1n) is 10.7. The number of alkyl halides is 1. The molecule has 192 valence electrons. The Hall–Kier alpha value is -2.17. The lowest BCUT2D eigenvalue weighted by Crippen LogP contribution is -2.35. The number of hydrogen-bond acceptors (Lipinski definition) is 8. The third-order valence-corrected chi connectivity index (χ3v) is 7.70. The van der Waals surface area contributed by atoms with E-state index in [2.05, 4.69) is 37.9 Å². The number of anilines is 1. The Morgan fingerprint density at radius 1 is 1.39 bits per heavy atom. The van der Waals surface area contributed by atoms with Crippen molar-refractivity contribution in [3.8, 4) is 0 Å². The van der Waals surface area contributed by atoms with E-state index in [1.54, 1.807) is 10.8 Å². The lowest BCUT2D eigenvalue weighted by molar-refractivity contribution is 0.0248. The van der Waals surface area contributed by atoms with Gasteiger partial charge >= 0.3 is 10.3 Å². The lowest BCUT2D eigenvalue weighted by Gasteiger charge is -2.17. The maximum absolute atomic E-state index is 14.8. The van der Waals surface area contributed by atoms with Crippen LogP contribution in [0.5, 0.6) is 0 Å². The van der Waals surface area contributed by atoms with Gasteiger partial charge in [-0.15, -0.1) is 0 Å². The third kappa shape index (κ3) is 6.03. The Labute approximate surface area is 225 Å². The summed E-state index contributed by atoms with van der Waals surface area (Å²) >= 11 is 8.59. The second kappa shape index (κ2) is 11.1. The fraction of sp³-hybridized carbons (Fsp3) is 0.318. The zero-order valence-corrected chi connectivity index (χ0v) is 22.5. The quantitative estimate of drug-likeness (QED) is 0.238. The van der Waals surface area contributed by atoms with E-state index < -0.39 is 40.5 Å². The van der Waals surface area contributed by atoms with Gasteiger partial charge in [-0.3, -0.25) is 8.98 Å². The molecule has 1 aliphatic carbocycles. The first-order valence-corrected chi connectivity index (χ1v) is 13.6. The minimum Gasteiger partial charge on any atom is -0.387 e. The van der Waals surface area contributed by atoms with Crippen LogP contribution in [0.3, 0.4) is 0 Å². The van der Waals surface area contributed by atoms with Crippen LogP contribution in [0.1, 0.15) is 27.9 Å².